The average Bonchev–Trinajstić information content (AvgIpc) is 2.38. The van der Waals surface area contributed by atoms with Gasteiger partial charge in [0.1, 0.15) is 12.4 Å². The zero-order valence-electron chi connectivity index (χ0n) is 10.8. The van der Waals surface area contributed by atoms with Crippen LogP contribution in [0.5, 0.6) is 5.75 Å². The number of halogens is 2. The van der Waals surface area contributed by atoms with E-state index in [1.807, 2.05) is 13.8 Å². The van der Waals surface area contributed by atoms with E-state index in [1.54, 1.807) is 0 Å². The van der Waals surface area contributed by atoms with Crippen molar-refractivity contribution in [1.82, 2.24) is 0 Å². The molecule has 106 valence electrons. The molecule has 0 bridgehead atoms. The number of ether oxygens (including phenoxy) is 3. The maximum Gasteiger partial charge on any atom is 0.191 e. The van der Waals surface area contributed by atoms with Gasteiger partial charge >= 0.3 is 0 Å². The Morgan fingerprint density at radius 1 is 1.16 bits per heavy atom. The van der Waals surface area contributed by atoms with Gasteiger partial charge in [0.2, 0.25) is 0 Å². The highest BCUT2D eigenvalue weighted by Gasteiger charge is 2.12. The second-order valence-corrected chi connectivity index (χ2v) is 4.39. The summed E-state index contributed by atoms with van der Waals surface area (Å²) in [5.41, 5.74) is 0.324. The van der Waals surface area contributed by atoms with Crippen LogP contribution in [0.15, 0.2) is 12.1 Å². The van der Waals surface area contributed by atoms with Gasteiger partial charge in [-0.2, -0.15) is 0 Å². The Bertz CT molecular complexity index is 417. The zero-order chi connectivity index (χ0) is 14.3. The predicted octanol–water partition coefficient (Wildman–Crippen LogP) is 3.58. The van der Waals surface area contributed by atoms with Gasteiger partial charge in [0.05, 0.1) is 10.0 Å². The molecule has 0 saturated carbocycles. The molecule has 0 amide bonds. The molecule has 6 heteroatoms. The van der Waals surface area contributed by atoms with Crippen LogP contribution in [0.4, 0.5) is 0 Å². The minimum absolute atomic E-state index is 0.182. The Balaban J connectivity index is 2.73. The molecule has 0 unspecified atom stereocenters. The third-order valence-corrected chi connectivity index (χ3v) is 2.88. The highest BCUT2D eigenvalue weighted by molar-refractivity contribution is 6.37. The molecular formula is C13H16Cl2O4. The van der Waals surface area contributed by atoms with Crippen molar-refractivity contribution in [3.8, 4) is 5.75 Å². The molecule has 0 aliphatic heterocycles. The van der Waals surface area contributed by atoms with Gasteiger partial charge < -0.3 is 14.2 Å². The molecule has 0 N–H and O–H groups in total. The maximum atomic E-state index is 10.8. The highest BCUT2D eigenvalue weighted by atomic mass is 35.5. The minimum atomic E-state index is -0.471. The molecule has 0 spiro atoms. The standard InChI is InChI=1S/C13H16Cl2O4/c1-3-17-13(18-4-2)8-19-12-5-9(7-16)10(14)6-11(12)15/h5-7,13H,3-4,8H2,1-2H3. The number of rotatable bonds is 8. The molecule has 0 fully saturated rings. The van der Waals surface area contributed by atoms with E-state index in [9.17, 15) is 4.79 Å². The molecule has 19 heavy (non-hydrogen) atoms. The Morgan fingerprint density at radius 2 is 1.79 bits per heavy atom. The molecule has 1 rings (SSSR count). The lowest BCUT2D eigenvalue weighted by Crippen LogP contribution is -2.25. The number of hydrogen-bond donors (Lipinski definition) is 0. The normalized spacial score (nSPS) is 10.8. The topological polar surface area (TPSA) is 44.8 Å². The quantitative estimate of drug-likeness (QED) is 0.544. The fourth-order valence-electron chi connectivity index (χ4n) is 1.42. The third-order valence-electron chi connectivity index (χ3n) is 2.26. The van der Waals surface area contributed by atoms with Gasteiger partial charge in [-0.1, -0.05) is 23.2 Å². The van der Waals surface area contributed by atoms with Crippen LogP contribution >= 0.6 is 23.2 Å². The summed E-state index contributed by atoms with van der Waals surface area (Å²) in [4.78, 5) is 10.8. The first kappa shape index (κ1) is 16.2. The van der Waals surface area contributed by atoms with Crippen molar-refractivity contribution >= 4 is 29.5 Å². The van der Waals surface area contributed by atoms with Gasteiger partial charge in [-0.25, -0.2) is 0 Å². The van der Waals surface area contributed by atoms with Crippen molar-refractivity contribution in [3.05, 3.63) is 27.7 Å². The Labute approximate surface area is 122 Å². The number of benzene rings is 1. The summed E-state index contributed by atoms with van der Waals surface area (Å²) in [5, 5.41) is 0.626. The van der Waals surface area contributed by atoms with E-state index in [-0.39, 0.29) is 6.61 Å². The summed E-state index contributed by atoms with van der Waals surface area (Å²) < 4.78 is 16.2. The van der Waals surface area contributed by atoms with Crippen LogP contribution < -0.4 is 4.74 Å². The molecule has 0 aromatic heterocycles. The van der Waals surface area contributed by atoms with Crippen LogP contribution in [-0.4, -0.2) is 32.4 Å². The van der Waals surface area contributed by atoms with E-state index in [2.05, 4.69) is 0 Å². The van der Waals surface area contributed by atoms with Crippen LogP contribution in [0.1, 0.15) is 24.2 Å². The SMILES string of the molecule is CCOC(COc1cc(C=O)c(Cl)cc1Cl)OCC. The van der Waals surface area contributed by atoms with E-state index in [4.69, 9.17) is 37.4 Å². The van der Waals surface area contributed by atoms with Crippen LogP contribution in [-0.2, 0) is 9.47 Å². The minimum Gasteiger partial charge on any atom is -0.487 e. The first-order chi connectivity index (χ1) is 9.12. The van der Waals surface area contributed by atoms with E-state index in [1.165, 1.54) is 12.1 Å². The van der Waals surface area contributed by atoms with Crippen molar-refractivity contribution in [2.24, 2.45) is 0 Å². The van der Waals surface area contributed by atoms with Crippen LogP contribution in [0.25, 0.3) is 0 Å². The number of hydrogen-bond acceptors (Lipinski definition) is 4. The van der Waals surface area contributed by atoms with Crippen molar-refractivity contribution in [1.29, 1.82) is 0 Å². The second kappa shape index (κ2) is 8.38. The average molecular weight is 307 g/mol. The van der Waals surface area contributed by atoms with Gasteiger partial charge in [0, 0.05) is 18.8 Å². The van der Waals surface area contributed by atoms with Gasteiger partial charge in [0.15, 0.2) is 12.6 Å². The molecule has 0 radical (unpaired) electrons. The third kappa shape index (κ3) is 4.99. The molecular weight excluding hydrogens is 291 g/mol. The fourth-order valence-corrected chi connectivity index (χ4v) is 1.90. The summed E-state index contributed by atoms with van der Waals surface area (Å²) in [5.74, 6) is 0.373. The monoisotopic (exact) mass is 306 g/mol. The van der Waals surface area contributed by atoms with E-state index in [0.717, 1.165) is 0 Å². The van der Waals surface area contributed by atoms with Crippen LogP contribution in [0.2, 0.25) is 10.0 Å². The van der Waals surface area contributed by atoms with Crippen LogP contribution in [0, 0.1) is 0 Å². The van der Waals surface area contributed by atoms with E-state index in [0.29, 0.717) is 40.9 Å². The largest absolute Gasteiger partial charge is 0.487 e. The molecule has 0 atom stereocenters. The molecule has 4 nitrogen and oxygen atoms in total. The van der Waals surface area contributed by atoms with E-state index >= 15 is 0 Å². The van der Waals surface area contributed by atoms with Crippen molar-refractivity contribution < 1.29 is 19.0 Å². The second-order valence-electron chi connectivity index (χ2n) is 3.57. The first-order valence-electron chi connectivity index (χ1n) is 5.92. The van der Waals surface area contributed by atoms with Gasteiger partial charge in [-0.15, -0.1) is 0 Å². The van der Waals surface area contributed by atoms with E-state index < -0.39 is 6.29 Å². The highest BCUT2D eigenvalue weighted by Crippen LogP contribution is 2.30. The lowest BCUT2D eigenvalue weighted by molar-refractivity contribution is -0.152. The number of carbonyl (C=O) groups is 1. The molecule has 0 aliphatic carbocycles. The summed E-state index contributed by atoms with van der Waals surface area (Å²) in [6.45, 7) is 4.95. The predicted molar refractivity (Wildman–Crippen MR) is 74.4 cm³/mol. The van der Waals surface area contributed by atoms with Crippen molar-refractivity contribution in [2.45, 2.75) is 20.1 Å². The molecule has 0 aliphatic rings. The summed E-state index contributed by atoms with van der Waals surface area (Å²) in [6.07, 6.45) is 0.176. The first-order valence-corrected chi connectivity index (χ1v) is 6.68. The Hall–Kier alpha value is -0.810. The number of carbonyl (C=O) groups excluding carboxylic acids is 1. The van der Waals surface area contributed by atoms with Gasteiger partial charge in [0.25, 0.3) is 0 Å². The molecule has 0 saturated heterocycles. The van der Waals surface area contributed by atoms with Crippen molar-refractivity contribution in [2.75, 3.05) is 19.8 Å². The molecule has 1 aromatic carbocycles. The number of aldehydes is 1. The Morgan fingerprint density at radius 3 is 2.32 bits per heavy atom. The van der Waals surface area contributed by atoms with Gasteiger partial charge in [-0.3, -0.25) is 4.79 Å². The summed E-state index contributed by atoms with van der Waals surface area (Å²) in [7, 11) is 0. The maximum absolute atomic E-state index is 10.8. The lowest BCUT2D eigenvalue weighted by Gasteiger charge is -2.18. The fraction of sp³-hybridized carbons (Fsp3) is 0.462. The lowest BCUT2D eigenvalue weighted by atomic mass is 10.2. The smallest absolute Gasteiger partial charge is 0.191 e. The Kier molecular flexibility index (Phi) is 7.16. The summed E-state index contributed by atoms with van der Waals surface area (Å²) >= 11 is 11.8. The van der Waals surface area contributed by atoms with Crippen molar-refractivity contribution in [3.63, 3.8) is 0 Å². The van der Waals surface area contributed by atoms with Crippen LogP contribution in [0.3, 0.4) is 0 Å². The van der Waals surface area contributed by atoms with Gasteiger partial charge in [-0.05, 0) is 26.0 Å². The molecule has 0 heterocycles. The molecule has 1 aromatic rings. The summed E-state index contributed by atoms with van der Waals surface area (Å²) in [6, 6.07) is 2.96. The zero-order valence-corrected chi connectivity index (χ0v) is 12.3.